The molecule has 0 unspecified atom stereocenters. The van der Waals surface area contributed by atoms with E-state index in [2.05, 4.69) is 33.8 Å². The van der Waals surface area contributed by atoms with Gasteiger partial charge in [-0.05, 0) is 31.5 Å². The van der Waals surface area contributed by atoms with E-state index in [0.29, 0.717) is 0 Å². The summed E-state index contributed by atoms with van der Waals surface area (Å²) in [7, 11) is 1.75. The van der Waals surface area contributed by atoms with E-state index in [4.69, 9.17) is 4.74 Å². The summed E-state index contributed by atoms with van der Waals surface area (Å²) in [6, 6.07) is 2.08. The van der Waals surface area contributed by atoms with Gasteiger partial charge in [0, 0.05) is 43.5 Å². The molecule has 1 fully saturated rings. The molecule has 3 rings (SSSR count). The minimum Gasteiger partial charge on any atom is -0.496 e. The topological polar surface area (TPSA) is 28.6 Å². The van der Waals surface area contributed by atoms with Crippen LogP contribution in [0.25, 0.3) is 5.76 Å². The van der Waals surface area contributed by atoms with E-state index in [-0.39, 0.29) is 0 Å². The molecule has 4 nitrogen and oxygen atoms in total. The lowest BCUT2D eigenvalue weighted by molar-refractivity contribution is 0.270. The van der Waals surface area contributed by atoms with Crippen molar-refractivity contribution in [3.8, 4) is 0 Å². The van der Waals surface area contributed by atoms with Crippen molar-refractivity contribution in [1.82, 2.24) is 9.88 Å². The molecule has 1 aliphatic carbocycles. The summed E-state index contributed by atoms with van der Waals surface area (Å²) in [4.78, 5) is 9.59. The summed E-state index contributed by atoms with van der Waals surface area (Å²) in [5.41, 5.74) is 2.58. The SMILES string of the molecule is CCN1CCN(c2nccc3c2CCC=C3OC)CC1. The molecule has 2 aliphatic rings. The molecule has 0 atom stereocenters. The number of nitrogens with zero attached hydrogens (tertiary/aromatic N) is 3. The second kappa shape index (κ2) is 5.83. The van der Waals surface area contributed by atoms with Gasteiger partial charge in [-0.15, -0.1) is 0 Å². The Balaban J connectivity index is 1.87. The van der Waals surface area contributed by atoms with E-state index in [0.717, 1.165) is 51.3 Å². The number of pyridine rings is 1. The Hall–Kier alpha value is -1.55. The van der Waals surface area contributed by atoms with Gasteiger partial charge in [0.25, 0.3) is 0 Å². The predicted octanol–water partition coefficient (Wildman–Crippen LogP) is 2.16. The molecular weight excluding hydrogens is 250 g/mol. The first-order valence-electron chi connectivity index (χ1n) is 7.53. The number of piperazine rings is 1. The summed E-state index contributed by atoms with van der Waals surface area (Å²) in [5.74, 6) is 2.17. The van der Waals surface area contributed by atoms with Gasteiger partial charge in [0.15, 0.2) is 0 Å². The lowest BCUT2D eigenvalue weighted by Gasteiger charge is -2.36. The van der Waals surface area contributed by atoms with Crippen molar-refractivity contribution in [2.75, 3.05) is 44.7 Å². The Morgan fingerprint density at radius 1 is 1.25 bits per heavy atom. The van der Waals surface area contributed by atoms with E-state index in [1.807, 2.05) is 6.20 Å². The Morgan fingerprint density at radius 2 is 2.05 bits per heavy atom. The molecular formula is C16H23N3O. The van der Waals surface area contributed by atoms with Crippen molar-refractivity contribution in [2.45, 2.75) is 19.8 Å². The fraction of sp³-hybridized carbons (Fsp3) is 0.562. The standard InChI is InChI=1S/C16H23N3O/c1-3-18-9-11-19(12-10-18)16-14-5-4-6-15(20-2)13(14)7-8-17-16/h6-8H,3-5,9-12H2,1-2H3. The highest BCUT2D eigenvalue weighted by Gasteiger charge is 2.23. The lowest BCUT2D eigenvalue weighted by Crippen LogP contribution is -2.46. The third-order valence-electron chi connectivity index (χ3n) is 4.36. The van der Waals surface area contributed by atoms with Gasteiger partial charge in [0.1, 0.15) is 11.6 Å². The maximum Gasteiger partial charge on any atom is 0.132 e. The summed E-state index contributed by atoms with van der Waals surface area (Å²) in [6.07, 6.45) is 6.21. The number of allylic oxidation sites excluding steroid dienone is 1. The Labute approximate surface area is 121 Å². The quantitative estimate of drug-likeness (QED) is 0.844. The molecule has 20 heavy (non-hydrogen) atoms. The van der Waals surface area contributed by atoms with Gasteiger partial charge in [0.05, 0.1) is 7.11 Å². The zero-order valence-corrected chi connectivity index (χ0v) is 12.4. The third-order valence-corrected chi connectivity index (χ3v) is 4.36. The molecule has 1 aliphatic heterocycles. The van der Waals surface area contributed by atoms with Crippen LogP contribution in [0.5, 0.6) is 0 Å². The summed E-state index contributed by atoms with van der Waals surface area (Å²) in [6.45, 7) is 7.79. The molecule has 108 valence electrons. The number of likely N-dealkylation sites (N-methyl/N-ethyl adjacent to an activating group) is 1. The highest BCUT2D eigenvalue weighted by atomic mass is 16.5. The molecule has 0 aromatic carbocycles. The largest absolute Gasteiger partial charge is 0.496 e. The van der Waals surface area contributed by atoms with E-state index in [9.17, 15) is 0 Å². The van der Waals surface area contributed by atoms with Crippen LogP contribution in [0.2, 0.25) is 0 Å². The van der Waals surface area contributed by atoms with Crippen LogP contribution in [0, 0.1) is 0 Å². The fourth-order valence-electron chi connectivity index (χ4n) is 3.16. The normalized spacial score (nSPS) is 19.5. The van der Waals surface area contributed by atoms with Crippen LogP contribution in [0.4, 0.5) is 5.82 Å². The first-order chi connectivity index (χ1) is 9.83. The Bertz CT molecular complexity index is 504. The van der Waals surface area contributed by atoms with Gasteiger partial charge in [0.2, 0.25) is 0 Å². The van der Waals surface area contributed by atoms with Crippen LogP contribution in [0.15, 0.2) is 18.3 Å². The number of anilines is 1. The average molecular weight is 273 g/mol. The lowest BCUT2D eigenvalue weighted by atomic mass is 9.96. The maximum atomic E-state index is 5.50. The number of fused-ring (bicyclic) bond motifs is 1. The number of methoxy groups -OCH3 is 1. The second-order valence-electron chi connectivity index (χ2n) is 5.39. The molecule has 1 aromatic rings. The van der Waals surface area contributed by atoms with Crippen molar-refractivity contribution in [3.05, 3.63) is 29.5 Å². The molecule has 0 spiro atoms. The van der Waals surface area contributed by atoms with Crippen molar-refractivity contribution in [1.29, 1.82) is 0 Å². The van der Waals surface area contributed by atoms with E-state index >= 15 is 0 Å². The van der Waals surface area contributed by atoms with Crippen molar-refractivity contribution >= 4 is 11.6 Å². The van der Waals surface area contributed by atoms with Crippen molar-refractivity contribution in [3.63, 3.8) is 0 Å². The minimum absolute atomic E-state index is 1.00. The van der Waals surface area contributed by atoms with E-state index < -0.39 is 0 Å². The molecule has 0 amide bonds. The van der Waals surface area contributed by atoms with Crippen LogP contribution in [-0.4, -0.2) is 49.7 Å². The second-order valence-corrected chi connectivity index (χ2v) is 5.39. The van der Waals surface area contributed by atoms with Crippen LogP contribution in [0.3, 0.4) is 0 Å². The number of hydrogen-bond donors (Lipinski definition) is 0. The monoisotopic (exact) mass is 273 g/mol. The summed E-state index contributed by atoms with van der Waals surface area (Å²) in [5, 5.41) is 0. The zero-order valence-electron chi connectivity index (χ0n) is 12.4. The van der Waals surface area contributed by atoms with Gasteiger partial charge < -0.3 is 14.5 Å². The maximum absolute atomic E-state index is 5.50. The number of ether oxygens (including phenoxy) is 1. The van der Waals surface area contributed by atoms with E-state index in [1.54, 1.807) is 7.11 Å². The number of hydrogen-bond acceptors (Lipinski definition) is 4. The fourth-order valence-corrected chi connectivity index (χ4v) is 3.16. The third kappa shape index (κ3) is 2.40. The average Bonchev–Trinajstić information content (AvgIpc) is 2.54. The number of aromatic nitrogens is 1. The smallest absolute Gasteiger partial charge is 0.132 e. The van der Waals surface area contributed by atoms with Crippen molar-refractivity contribution in [2.24, 2.45) is 0 Å². The first kappa shape index (κ1) is 13.4. The van der Waals surface area contributed by atoms with Gasteiger partial charge in [-0.25, -0.2) is 4.98 Å². The van der Waals surface area contributed by atoms with Gasteiger partial charge in [-0.1, -0.05) is 6.92 Å². The van der Waals surface area contributed by atoms with Gasteiger partial charge >= 0.3 is 0 Å². The molecule has 0 saturated carbocycles. The first-order valence-corrected chi connectivity index (χ1v) is 7.53. The molecule has 0 N–H and O–H groups in total. The van der Waals surface area contributed by atoms with Crippen LogP contribution in [-0.2, 0) is 11.2 Å². The van der Waals surface area contributed by atoms with Crippen LogP contribution >= 0.6 is 0 Å². The Kier molecular flexibility index (Phi) is 3.92. The molecule has 1 aromatic heterocycles. The summed E-state index contributed by atoms with van der Waals surface area (Å²) >= 11 is 0. The molecule has 1 saturated heterocycles. The zero-order chi connectivity index (χ0) is 13.9. The van der Waals surface area contributed by atoms with Crippen LogP contribution < -0.4 is 4.90 Å². The van der Waals surface area contributed by atoms with Gasteiger partial charge in [-0.2, -0.15) is 0 Å². The van der Waals surface area contributed by atoms with Crippen molar-refractivity contribution < 1.29 is 4.74 Å². The predicted molar refractivity (Wildman–Crippen MR) is 81.9 cm³/mol. The molecule has 2 heterocycles. The molecule has 0 radical (unpaired) electrons. The summed E-state index contributed by atoms with van der Waals surface area (Å²) < 4.78 is 5.50. The van der Waals surface area contributed by atoms with E-state index in [1.165, 1.54) is 16.9 Å². The van der Waals surface area contributed by atoms with Crippen LogP contribution in [0.1, 0.15) is 24.5 Å². The molecule has 4 heteroatoms. The molecule has 0 bridgehead atoms. The highest BCUT2D eigenvalue weighted by molar-refractivity contribution is 5.70. The minimum atomic E-state index is 1.00. The highest BCUT2D eigenvalue weighted by Crippen LogP contribution is 2.32. The Morgan fingerprint density at radius 3 is 2.75 bits per heavy atom. The van der Waals surface area contributed by atoms with Gasteiger partial charge in [-0.3, -0.25) is 0 Å². The number of rotatable bonds is 3.